The maximum absolute atomic E-state index is 5.68. The van der Waals surface area contributed by atoms with Gasteiger partial charge in [-0.05, 0) is 83.5 Å². The molecular formula is C17H29N3O. The number of nitrogens with one attached hydrogen (secondary N) is 1. The Bertz CT molecular complexity index is 392. The minimum Gasteiger partial charge on any atom is -0.468 e. The highest BCUT2D eigenvalue weighted by molar-refractivity contribution is 5.06. The molecule has 1 N–H and O–H groups in total. The Morgan fingerprint density at radius 3 is 2.67 bits per heavy atom. The molecule has 2 aliphatic heterocycles. The van der Waals surface area contributed by atoms with E-state index < -0.39 is 0 Å². The van der Waals surface area contributed by atoms with Crippen molar-refractivity contribution in [2.45, 2.75) is 31.7 Å². The monoisotopic (exact) mass is 291 g/mol. The summed E-state index contributed by atoms with van der Waals surface area (Å²) in [5.41, 5.74) is 0. The van der Waals surface area contributed by atoms with Gasteiger partial charge in [-0.25, -0.2) is 0 Å². The van der Waals surface area contributed by atoms with Crippen molar-refractivity contribution in [1.82, 2.24) is 15.1 Å². The van der Waals surface area contributed by atoms with E-state index in [0.29, 0.717) is 6.04 Å². The van der Waals surface area contributed by atoms with Gasteiger partial charge in [0.1, 0.15) is 5.76 Å². The van der Waals surface area contributed by atoms with Gasteiger partial charge in [-0.3, -0.25) is 4.90 Å². The molecule has 1 aromatic rings. The zero-order valence-corrected chi connectivity index (χ0v) is 13.3. The molecule has 1 aromatic heterocycles. The fourth-order valence-corrected chi connectivity index (χ4v) is 3.63. The summed E-state index contributed by atoms with van der Waals surface area (Å²) < 4.78 is 5.68. The molecule has 2 saturated heterocycles. The van der Waals surface area contributed by atoms with Crippen LogP contribution < -0.4 is 5.32 Å². The lowest BCUT2D eigenvalue weighted by molar-refractivity contribution is 0.192. The van der Waals surface area contributed by atoms with Gasteiger partial charge in [-0.1, -0.05) is 0 Å². The van der Waals surface area contributed by atoms with Crippen molar-refractivity contribution in [3.8, 4) is 0 Å². The summed E-state index contributed by atoms with van der Waals surface area (Å²) in [5, 5.41) is 3.72. The second-order valence-corrected chi connectivity index (χ2v) is 6.68. The first-order valence-corrected chi connectivity index (χ1v) is 8.49. The summed E-state index contributed by atoms with van der Waals surface area (Å²) in [5.74, 6) is 1.96. The van der Waals surface area contributed by atoms with Crippen molar-refractivity contribution in [2.24, 2.45) is 5.92 Å². The van der Waals surface area contributed by atoms with Crippen LogP contribution in [-0.2, 0) is 0 Å². The fraction of sp³-hybridized carbons (Fsp3) is 0.765. The molecule has 4 heteroatoms. The van der Waals surface area contributed by atoms with E-state index in [0.717, 1.165) is 24.8 Å². The van der Waals surface area contributed by atoms with Crippen molar-refractivity contribution in [3.05, 3.63) is 24.2 Å². The number of nitrogens with zero attached hydrogens (tertiary/aromatic N) is 2. The van der Waals surface area contributed by atoms with Crippen molar-refractivity contribution < 1.29 is 4.42 Å². The van der Waals surface area contributed by atoms with E-state index in [1.807, 2.05) is 6.07 Å². The normalized spacial score (nSPS) is 23.7. The highest BCUT2D eigenvalue weighted by atomic mass is 16.3. The standard InChI is InChI=1S/C17H29N3O/c1-19-10-6-15(7-11-19)13-18-14-16(17-5-4-12-21-17)20-8-2-3-9-20/h4-5,12,15-16,18H,2-3,6-11,13-14H2,1H3. The topological polar surface area (TPSA) is 31.6 Å². The molecule has 118 valence electrons. The number of hydrogen-bond acceptors (Lipinski definition) is 4. The highest BCUT2D eigenvalue weighted by Crippen LogP contribution is 2.25. The molecule has 0 spiro atoms. The van der Waals surface area contributed by atoms with E-state index in [-0.39, 0.29) is 0 Å². The fourth-order valence-electron chi connectivity index (χ4n) is 3.63. The molecule has 0 bridgehead atoms. The molecule has 0 saturated carbocycles. The van der Waals surface area contributed by atoms with Crippen LogP contribution in [0, 0.1) is 5.92 Å². The van der Waals surface area contributed by atoms with Gasteiger partial charge in [-0.15, -0.1) is 0 Å². The van der Waals surface area contributed by atoms with Crippen LogP contribution in [0.1, 0.15) is 37.5 Å². The summed E-state index contributed by atoms with van der Waals surface area (Å²) in [6.45, 7) is 7.08. The Balaban J connectivity index is 1.48. The Labute approximate surface area is 128 Å². The van der Waals surface area contributed by atoms with Gasteiger partial charge in [0.15, 0.2) is 0 Å². The molecule has 1 atom stereocenters. The number of rotatable bonds is 6. The van der Waals surface area contributed by atoms with E-state index in [1.54, 1.807) is 6.26 Å². The number of hydrogen-bond donors (Lipinski definition) is 1. The van der Waals surface area contributed by atoms with Gasteiger partial charge in [0.05, 0.1) is 12.3 Å². The first kappa shape index (κ1) is 15.1. The van der Waals surface area contributed by atoms with Crippen LogP contribution in [0.3, 0.4) is 0 Å². The molecular weight excluding hydrogens is 262 g/mol. The summed E-state index contributed by atoms with van der Waals surface area (Å²) in [6.07, 6.45) is 7.12. The van der Waals surface area contributed by atoms with Gasteiger partial charge in [0.25, 0.3) is 0 Å². The van der Waals surface area contributed by atoms with E-state index in [9.17, 15) is 0 Å². The summed E-state index contributed by atoms with van der Waals surface area (Å²) in [6, 6.07) is 4.55. The van der Waals surface area contributed by atoms with Gasteiger partial charge in [0, 0.05) is 6.54 Å². The Kier molecular flexibility index (Phi) is 5.33. The zero-order valence-electron chi connectivity index (χ0n) is 13.3. The van der Waals surface area contributed by atoms with Crippen molar-refractivity contribution >= 4 is 0 Å². The predicted molar refractivity (Wildman–Crippen MR) is 85.3 cm³/mol. The van der Waals surface area contributed by atoms with Crippen LogP contribution in [0.15, 0.2) is 22.8 Å². The van der Waals surface area contributed by atoms with Crippen LogP contribution >= 0.6 is 0 Å². The van der Waals surface area contributed by atoms with Crippen molar-refractivity contribution in [3.63, 3.8) is 0 Å². The maximum Gasteiger partial charge on any atom is 0.122 e. The molecule has 2 aliphatic rings. The third-order valence-corrected chi connectivity index (χ3v) is 5.06. The first-order chi connectivity index (χ1) is 10.3. The molecule has 0 aromatic carbocycles. The minimum absolute atomic E-state index is 0.411. The van der Waals surface area contributed by atoms with Crippen LogP contribution in [-0.4, -0.2) is 56.1 Å². The van der Waals surface area contributed by atoms with Crippen LogP contribution in [0.25, 0.3) is 0 Å². The first-order valence-electron chi connectivity index (χ1n) is 8.49. The molecule has 2 fully saturated rings. The van der Waals surface area contributed by atoms with E-state index in [4.69, 9.17) is 4.42 Å². The lowest BCUT2D eigenvalue weighted by atomic mass is 9.97. The van der Waals surface area contributed by atoms with Crippen LogP contribution in [0.5, 0.6) is 0 Å². The third kappa shape index (κ3) is 4.09. The Hall–Kier alpha value is -0.840. The SMILES string of the molecule is CN1CCC(CNCC(c2ccco2)N2CCCC2)CC1. The average molecular weight is 291 g/mol. The summed E-state index contributed by atoms with van der Waals surface area (Å²) >= 11 is 0. The minimum atomic E-state index is 0.411. The number of piperidine rings is 1. The second kappa shape index (κ2) is 7.43. The lowest BCUT2D eigenvalue weighted by Crippen LogP contribution is -2.38. The lowest BCUT2D eigenvalue weighted by Gasteiger charge is -2.30. The molecule has 21 heavy (non-hydrogen) atoms. The van der Waals surface area contributed by atoms with Gasteiger partial charge >= 0.3 is 0 Å². The molecule has 4 nitrogen and oxygen atoms in total. The summed E-state index contributed by atoms with van der Waals surface area (Å²) in [4.78, 5) is 5.01. The molecule has 0 aliphatic carbocycles. The number of furan rings is 1. The quantitative estimate of drug-likeness (QED) is 0.872. The van der Waals surface area contributed by atoms with Gasteiger partial charge in [0.2, 0.25) is 0 Å². The van der Waals surface area contributed by atoms with Crippen LogP contribution in [0.2, 0.25) is 0 Å². The number of likely N-dealkylation sites (tertiary alicyclic amines) is 2. The van der Waals surface area contributed by atoms with Crippen molar-refractivity contribution in [2.75, 3.05) is 46.3 Å². The smallest absolute Gasteiger partial charge is 0.122 e. The molecule has 0 radical (unpaired) electrons. The van der Waals surface area contributed by atoms with E-state index in [2.05, 4.69) is 28.2 Å². The van der Waals surface area contributed by atoms with E-state index in [1.165, 1.54) is 51.9 Å². The molecule has 0 amide bonds. The maximum atomic E-state index is 5.68. The van der Waals surface area contributed by atoms with Crippen molar-refractivity contribution in [1.29, 1.82) is 0 Å². The van der Waals surface area contributed by atoms with E-state index >= 15 is 0 Å². The van der Waals surface area contributed by atoms with Gasteiger partial charge < -0.3 is 14.6 Å². The molecule has 3 heterocycles. The van der Waals surface area contributed by atoms with Gasteiger partial charge in [-0.2, -0.15) is 0 Å². The second-order valence-electron chi connectivity index (χ2n) is 6.68. The molecule has 3 rings (SSSR count). The molecule has 1 unspecified atom stereocenters. The van der Waals surface area contributed by atoms with Crippen LogP contribution in [0.4, 0.5) is 0 Å². The largest absolute Gasteiger partial charge is 0.468 e. The highest BCUT2D eigenvalue weighted by Gasteiger charge is 2.25. The Morgan fingerprint density at radius 1 is 1.24 bits per heavy atom. The predicted octanol–water partition coefficient (Wildman–Crippen LogP) is 2.35. The third-order valence-electron chi connectivity index (χ3n) is 5.06. The summed E-state index contributed by atoms with van der Waals surface area (Å²) in [7, 11) is 2.23. The Morgan fingerprint density at radius 2 is 2.00 bits per heavy atom. The average Bonchev–Trinajstić information content (AvgIpc) is 3.19. The zero-order chi connectivity index (χ0) is 14.5.